The Balaban J connectivity index is 1.38. The first-order valence-corrected chi connectivity index (χ1v) is 9.13. The lowest BCUT2D eigenvalue weighted by Gasteiger charge is -2.23. The molecule has 4 N–H and O–H groups in total. The van der Waals surface area contributed by atoms with Crippen molar-refractivity contribution in [2.75, 3.05) is 26.2 Å². The van der Waals surface area contributed by atoms with Gasteiger partial charge in [0.05, 0.1) is 11.8 Å². The van der Waals surface area contributed by atoms with E-state index in [-0.39, 0.29) is 0 Å². The molecule has 0 amide bonds. The molecule has 3 rings (SSSR count). The average Bonchev–Trinajstić information content (AvgIpc) is 3.15. The molecule has 2 aliphatic heterocycles. The van der Waals surface area contributed by atoms with Gasteiger partial charge >= 0.3 is 0 Å². The van der Waals surface area contributed by atoms with Crippen LogP contribution in [-0.2, 0) is 4.74 Å². The van der Waals surface area contributed by atoms with Gasteiger partial charge < -0.3 is 15.4 Å². The predicted octanol–water partition coefficient (Wildman–Crippen LogP) is 1.54. The molecule has 134 valence electrons. The van der Waals surface area contributed by atoms with E-state index < -0.39 is 0 Å². The maximum absolute atomic E-state index is 5.56. The van der Waals surface area contributed by atoms with Gasteiger partial charge in [-0.15, -0.1) is 0 Å². The smallest absolute Gasteiger partial charge is 0.166 e. The first kappa shape index (κ1) is 17.7. The number of rotatable bonds is 6. The van der Waals surface area contributed by atoms with Crippen LogP contribution in [0.15, 0.2) is 35.8 Å². The summed E-state index contributed by atoms with van der Waals surface area (Å²) >= 11 is 5.28. The molecule has 7 heteroatoms. The van der Waals surface area contributed by atoms with Crippen LogP contribution in [0, 0.1) is 0 Å². The molecule has 0 saturated carbocycles. The number of thiocarbonyl (C=S) groups is 1. The molecular formula is C18H25N5OS. The summed E-state index contributed by atoms with van der Waals surface area (Å²) in [7, 11) is 0. The van der Waals surface area contributed by atoms with Crippen LogP contribution in [0.2, 0.25) is 0 Å². The zero-order valence-electron chi connectivity index (χ0n) is 14.3. The molecule has 2 aliphatic rings. The minimum absolute atomic E-state index is 0.297. The van der Waals surface area contributed by atoms with E-state index in [1.165, 1.54) is 0 Å². The molecule has 2 heterocycles. The monoisotopic (exact) mass is 359 g/mol. The van der Waals surface area contributed by atoms with Gasteiger partial charge in [-0.3, -0.25) is 15.8 Å². The summed E-state index contributed by atoms with van der Waals surface area (Å²) in [6.07, 6.45) is 3.45. The Hall–Kier alpha value is -2.12. The number of ether oxygens (including phenoxy) is 1. The van der Waals surface area contributed by atoms with Gasteiger partial charge in [0.25, 0.3) is 0 Å². The summed E-state index contributed by atoms with van der Waals surface area (Å²) in [5, 5.41) is 7.11. The van der Waals surface area contributed by atoms with E-state index in [1.54, 1.807) is 0 Å². The minimum atomic E-state index is 0.297. The van der Waals surface area contributed by atoms with Crippen molar-refractivity contribution in [1.29, 1.82) is 0 Å². The van der Waals surface area contributed by atoms with E-state index in [9.17, 15) is 0 Å². The Morgan fingerprint density at radius 3 is 2.92 bits per heavy atom. The average molecular weight is 359 g/mol. The molecule has 0 radical (unpaired) electrons. The van der Waals surface area contributed by atoms with Crippen molar-refractivity contribution in [2.24, 2.45) is 4.99 Å². The fourth-order valence-electron chi connectivity index (χ4n) is 2.89. The Labute approximate surface area is 154 Å². The summed E-state index contributed by atoms with van der Waals surface area (Å²) in [6.45, 7) is 7.15. The molecule has 1 atom stereocenters. The van der Waals surface area contributed by atoms with E-state index in [1.807, 2.05) is 18.2 Å². The summed E-state index contributed by atoms with van der Waals surface area (Å²) in [5.74, 6) is 0.849. The summed E-state index contributed by atoms with van der Waals surface area (Å²) in [6, 6.07) is 8.10. The number of benzene rings is 1. The van der Waals surface area contributed by atoms with Crippen LogP contribution in [0.3, 0.4) is 0 Å². The Morgan fingerprint density at radius 1 is 1.28 bits per heavy atom. The highest BCUT2D eigenvalue weighted by molar-refractivity contribution is 7.80. The number of hydrazine groups is 1. The highest BCUT2D eigenvalue weighted by atomic mass is 32.1. The molecule has 1 saturated heterocycles. The van der Waals surface area contributed by atoms with Crippen molar-refractivity contribution in [2.45, 2.75) is 25.4 Å². The van der Waals surface area contributed by atoms with Crippen molar-refractivity contribution >= 4 is 28.9 Å². The molecule has 1 unspecified atom stereocenters. The number of nitrogens with one attached hydrogen (secondary N) is 4. The van der Waals surface area contributed by atoms with Crippen molar-refractivity contribution < 1.29 is 4.74 Å². The first-order chi connectivity index (χ1) is 12.2. The van der Waals surface area contributed by atoms with Crippen molar-refractivity contribution in [3.05, 3.63) is 42.0 Å². The molecular weight excluding hydrogens is 334 g/mol. The normalized spacial score (nSPS) is 20.6. The molecule has 6 nitrogen and oxygen atoms in total. The first-order valence-electron chi connectivity index (χ1n) is 8.72. The van der Waals surface area contributed by atoms with Crippen LogP contribution < -0.4 is 21.5 Å². The van der Waals surface area contributed by atoms with Crippen LogP contribution in [0.25, 0.3) is 5.70 Å². The van der Waals surface area contributed by atoms with Crippen LogP contribution in [-0.4, -0.2) is 43.3 Å². The SMILES string of the molecule is C=C1NNC(=NCCCNC(=S)NCC2CCCO2)c2ccccc21. The second-order valence-corrected chi connectivity index (χ2v) is 6.54. The second-order valence-electron chi connectivity index (χ2n) is 6.13. The maximum Gasteiger partial charge on any atom is 0.166 e. The van der Waals surface area contributed by atoms with Gasteiger partial charge in [-0.1, -0.05) is 30.8 Å². The van der Waals surface area contributed by atoms with E-state index in [0.717, 1.165) is 61.6 Å². The number of nitrogens with zero attached hydrogens (tertiary/aromatic N) is 1. The van der Waals surface area contributed by atoms with Crippen LogP contribution in [0.4, 0.5) is 0 Å². The van der Waals surface area contributed by atoms with Crippen molar-refractivity contribution in [3.63, 3.8) is 0 Å². The maximum atomic E-state index is 5.56. The molecule has 1 aromatic carbocycles. The van der Waals surface area contributed by atoms with Gasteiger partial charge in [0.15, 0.2) is 5.11 Å². The summed E-state index contributed by atoms with van der Waals surface area (Å²) in [4.78, 5) is 4.64. The van der Waals surface area contributed by atoms with Crippen molar-refractivity contribution in [3.8, 4) is 0 Å². The third-order valence-corrected chi connectivity index (χ3v) is 4.53. The largest absolute Gasteiger partial charge is 0.376 e. The Morgan fingerprint density at radius 2 is 2.12 bits per heavy atom. The lowest BCUT2D eigenvalue weighted by molar-refractivity contribution is 0.114. The quantitative estimate of drug-likeness (QED) is 0.456. The number of aliphatic imine (C=N–C) groups is 1. The van der Waals surface area contributed by atoms with Crippen LogP contribution >= 0.6 is 12.2 Å². The van der Waals surface area contributed by atoms with Crippen LogP contribution in [0.5, 0.6) is 0 Å². The topological polar surface area (TPSA) is 69.7 Å². The van der Waals surface area contributed by atoms with Crippen LogP contribution in [0.1, 0.15) is 30.4 Å². The third-order valence-electron chi connectivity index (χ3n) is 4.24. The fraction of sp³-hybridized carbons (Fsp3) is 0.444. The minimum Gasteiger partial charge on any atom is -0.376 e. The highest BCUT2D eigenvalue weighted by Crippen LogP contribution is 2.18. The predicted molar refractivity (Wildman–Crippen MR) is 105 cm³/mol. The lowest BCUT2D eigenvalue weighted by Crippen LogP contribution is -2.41. The molecule has 0 aliphatic carbocycles. The lowest BCUT2D eigenvalue weighted by atomic mass is 10.0. The third kappa shape index (κ3) is 4.93. The molecule has 0 bridgehead atoms. The number of hydrogen-bond acceptors (Lipinski definition) is 4. The number of hydrogen-bond donors (Lipinski definition) is 4. The number of amidine groups is 1. The zero-order chi connectivity index (χ0) is 17.5. The molecule has 0 spiro atoms. The van der Waals surface area contributed by atoms with Crippen molar-refractivity contribution in [1.82, 2.24) is 21.5 Å². The fourth-order valence-corrected chi connectivity index (χ4v) is 3.08. The van der Waals surface area contributed by atoms with Gasteiger partial charge in [-0.2, -0.15) is 0 Å². The molecule has 0 aromatic heterocycles. The highest BCUT2D eigenvalue weighted by Gasteiger charge is 2.16. The van der Waals surface area contributed by atoms with Gasteiger partial charge in [0.1, 0.15) is 5.84 Å². The zero-order valence-corrected chi connectivity index (χ0v) is 15.1. The molecule has 1 fully saturated rings. The van der Waals surface area contributed by atoms with E-state index in [0.29, 0.717) is 17.8 Å². The molecule has 1 aromatic rings. The summed E-state index contributed by atoms with van der Waals surface area (Å²) < 4.78 is 5.56. The van der Waals surface area contributed by atoms with Gasteiger partial charge in [-0.25, -0.2) is 0 Å². The van der Waals surface area contributed by atoms with Gasteiger partial charge in [0.2, 0.25) is 0 Å². The molecule has 25 heavy (non-hydrogen) atoms. The summed E-state index contributed by atoms with van der Waals surface area (Å²) in [5.41, 5.74) is 9.18. The number of fused-ring (bicyclic) bond motifs is 1. The van der Waals surface area contributed by atoms with Gasteiger partial charge in [0, 0.05) is 37.4 Å². The van der Waals surface area contributed by atoms with E-state index in [2.05, 4.69) is 39.1 Å². The van der Waals surface area contributed by atoms with Gasteiger partial charge in [-0.05, 0) is 31.5 Å². The Bertz CT molecular complexity index is 655. The second kappa shape index (κ2) is 8.82. The van der Waals surface area contributed by atoms with E-state index in [4.69, 9.17) is 17.0 Å². The Kier molecular flexibility index (Phi) is 6.25. The van der Waals surface area contributed by atoms with E-state index >= 15 is 0 Å². The standard InChI is InChI=1S/C18H25N5OS/c1-13-15-7-2-3-8-16(15)17(23-22-13)19-9-5-10-20-18(25)21-12-14-6-4-11-24-14/h2-3,7-8,14,22H,1,4-6,9-12H2,(H,19,23)(H2,20,21,25).